The summed E-state index contributed by atoms with van der Waals surface area (Å²) in [6.45, 7) is 2.85. The van der Waals surface area contributed by atoms with E-state index in [1.54, 1.807) is 18.2 Å². The lowest BCUT2D eigenvalue weighted by Gasteiger charge is -2.18. The van der Waals surface area contributed by atoms with Crippen molar-refractivity contribution in [1.82, 2.24) is 5.43 Å². The number of nitrogens with zero attached hydrogens (tertiary/aromatic N) is 1. The van der Waals surface area contributed by atoms with Gasteiger partial charge in [0.2, 0.25) is 0 Å². The second-order valence-electron chi connectivity index (χ2n) is 6.56. The predicted octanol–water partition coefficient (Wildman–Crippen LogP) is 2.49. The largest absolute Gasteiger partial charge is 0.486 e. The molecule has 0 fully saturated rings. The van der Waals surface area contributed by atoms with Crippen molar-refractivity contribution in [3.63, 3.8) is 0 Å². The number of amides is 1. The minimum absolute atomic E-state index is 0.0948. The summed E-state index contributed by atoms with van der Waals surface area (Å²) in [5.41, 5.74) is 11.1. The van der Waals surface area contributed by atoms with E-state index < -0.39 is 0 Å². The van der Waals surface area contributed by atoms with Crippen molar-refractivity contribution in [2.75, 3.05) is 18.5 Å². The molecule has 0 bridgehead atoms. The Morgan fingerprint density at radius 1 is 1.21 bits per heavy atom. The molecule has 1 amide bonds. The minimum Gasteiger partial charge on any atom is -0.486 e. The van der Waals surface area contributed by atoms with Gasteiger partial charge < -0.3 is 24.9 Å². The van der Waals surface area contributed by atoms with E-state index in [1.807, 2.05) is 6.92 Å². The van der Waals surface area contributed by atoms with E-state index in [-0.39, 0.29) is 16.8 Å². The second-order valence-corrected chi connectivity index (χ2v) is 6.99. The standard InChI is InChI=1S/C19H20N4O4S/c1-10-16-12(22-23-19(20)28)3-2-4-14(16)27-17(10)18(24)21-11-5-6-13-15(9-11)26-8-7-25-13/h5-6,9H,2-4,7-8H2,1H3,(H,21,24)(H3,20,23,28)/b22-12+. The van der Waals surface area contributed by atoms with Crippen LogP contribution in [0.1, 0.15) is 40.3 Å². The molecule has 146 valence electrons. The van der Waals surface area contributed by atoms with Gasteiger partial charge in [0, 0.05) is 29.3 Å². The normalized spacial score (nSPS) is 16.4. The number of aryl methyl sites for hydroxylation is 1. The molecule has 28 heavy (non-hydrogen) atoms. The highest BCUT2D eigenvalue weighted by Gasteiger charge is 2.28. The third-order valence-corrected chi connectivity index (χ3v) is 4.72. The highest BCUT2D eigenvalue weighted by Crippen LogP contribution is 2.34. The van der Waals surface area contributed by atoms with Crippen molar-refractivity contribution in [2.45, 2.75) is 26.2 Å². The van der Waals surface area contributed by atoms with Crippen molar-refractivity contribution >= 4 is 34.6 Å². The number of furan rings is 1. The van der Waals surface area contributed by atoms with Crippen LogP contribution in [-0.4, -0.2) is 29.9 Å². The Balaban J connectivity index is 1.59. The number of benzene rings is 1. The van der Waals surface area contributed by atoms with E-state index in [0.29, 0.717) is 30.4 Å². The number of fused-ring (bicyclic) bond motifs is 2. The van der Waals surface area contributed by atoms with Gasteiger partial charge in [-0.25, -0.2) is 0 Å². The molecular weight excluding hydrogens is 380 g/mol. The first-order valence-electron chi connectivity index (χ1n) is 8.98. The Morgan fingerprint density at radius 2 is 2.00 bits per heavy atom. The van der Waals surface area contributed by atoms with Gasteiger partial charge in [-0.15, -0.1) is 0 Å². The molecule has 1 aromatic carbocycles. The predicted molar refractivity (Wildman–Crippen MR) is 108 cm³/mol. The average Bonchev–Trinajstić information content (AvgIpc) is 3.03. The zero-order valence-electron chi connectivity index (χ0n) is 15.3. The fourth-order valence-corrected chi connectivity index (χ4v) is 3.47. The van der Waals surface area contributed by atoms with Crippen LogP contribution in [0.25, 0.3) is 0 Å². The summed E-state index contributed by atoms with van der Waals surface area (Å²) in [4.78, 5) is 12.8. The van der Waals surface area contributed by atoms with E-state index in [4.69, 9.17) is 31.8 Å². The summed E-state index contributed by atoms with van der Waals surface area (Å²) < 4.78 is 16.9. The van der Waals surface area contributed by atoms with Crippen molar-refractivity contribution in [3.05, 3.63) is 40.8 Å². The van der Waals surface area contributed by atoms with Gasteiger partial charge in [-0.2, -0.15) is 5.10 Å². The molecule has 0 saturated heterocycles. The lowest BCUT2D eigenvalue weighted by Crippen LogP contribution is -2.26. The van der Waals surface area contributed by atoms with Crippen LogP contribution in [-0.2, 0) is 6.42 Å². The first kappa shape index (κ1) is 18.3. The van der Waals surface area contributed by atoms with Crippen LogP contribution in [0.15, 0.2) is 27.7 Å². The Labute approximate surface area is 167 Å². The number of carbonyl (C=O) groups is 1. The van der Waals surface area contributed by atoms with Crippen LogP contribution >= 0.6 is 12.2 Å². The zero-order chi connectivity index (χ0) is 19.7. The zero-order valence-corrected chi connectivity index (χ0v) is 16.1. The van der Waals surface area contributed by atoms with Crippen LogP contribution < -0.4 is 25.9 Å². The summed E-state index contributed by atoms with van der Waals surface area (Å²) >= 11 is 4.81. The molecular formula is C19H20N4O4S. The Bertz CT molecular complexity index is 983. The molecule has 0 atom stereocenters. The first-order chi connectivity index (χ1) is 13.5. The maximum atomic E-state index is 12.8. The molecule has 1 aromatic heterocycles. The van der Waals surface area contributed by atoms with Gasteiger partial charge in [0.25, 0.3) is 5.91 Å². The maximum absolute atomic E-state index is 12.8. The fourth-order valence-electron chi connectivity index (χ4n) is 3.43. The van der Waals surface area contributed by atoms with Crippen molar-refractivity contribution in [2.24, 2.45) is 10.8 Å². The molecule has 9 heteroatoms. The van der Waals surface area contributed by atoms with E-state index in [2.05, 4.69) is 15.8 Å². The molecule has 0 unspecified atom stereocenters. The van der Waals surface area contributed by atoms with E-state index in [9.17, 15) is 4.79 Å². The Morgan fingerprint density at radius 3 is 2.79 bits per heavy atom. The Hall–Kier alpha value is -3.07. The molecule has 8 nitrogen and oxygen atoms in total. The SMILES string of the molecule is Cc1c(C(=O)Nc2ccc3c(c2)OCCO3)oc2c1/C(=N/NC(N)=S)CCC2. The molecule has 1 aliphatic heterocycles. The van der Waals surface area contributed by atoms with Gasteiger partial charge in [0.1, 0.15) is 19.0 Å². The third kappa shape index (κ3) is 3.53. The van der Waals surface area contributed by atoms with Gasteiger partial charge in [0.15, 0.2) is 22.4 Å². The molecule has 0 spiro atoms. The number of anilines is 1. The number of rotatable bonds is 3. The Kier molecular flexibility index (Phi) is 4.91. The van der Waals surface area contributed by atoms with Gasteiger partial charge in [-0.05, 0) is 44.1 Å². The summed E-state index contributed by atoms with van der Waals surface area (Å²) in [5, 5.41) is 7.22. The number of hydrogen-bond donors (Lipinski definition) is 3. The first-order valence-corrected chi connectivity index (χ1v) is 9.39. The number of carbonyl (C=O) groups excluding carboxylic acids is 1. The maximum Gasteiger partial charge on any atom is 0.291 e. The van der Waals surface area contributed by atoms with Crippen LogP contribution in [0.5, 0.6) is 11.5 Å². The lowest BCUT2D eigenvalue weighted by atomic mass is 9.93. The van der Waals surface area contributed by atoms with Crippen LogP contribution in [0.4, 0.5) is 5.69 Å². The summed E-state index contributed by atoms with van der Waals surface area (Å²) in [5.74, 6) is 1.97. The van der Waals surface area contributed by atoms with E-state index in [1.165, 1.54) is 0 Å². The van der Waals surface area contributed by atoms with Crippen LogP contribution in [0.2, 0.25) is 0 Å². The number of nitrogens with two attached hydrogens (primary N) is 1. The highest BCUT2D eigenvalue weighted by molar-refractivity contribution is 7.80. The fraction of sp³-hybridized carbons (Fsp3) is 0.316. The van der Waals surface area contributed by atoms with E-state index in [0.717, 1.165) is 41.9 Å². The van der Waals surface area contributed by atoms with E-state index >= 15 is 0 Å². The van der Waals surface area contributed by atoms with Crippen molar-refractivity contribution in [3.8, 4) is 11.5 Å². The molecule has 2 aromatic rings. The third-order valence-electron chi connectivity index (χ3n) is 4.63. The molecule has 0 radical (unpaired) electrons. The summed E-state index contributed by atoms with van der Waals surface area (Å²) in [6.07, 6.45) is 2.38. The smallest absolute Gasteiger partial charge is 0.291 e. The van der Waals surface area contributed by atoms with Crippen LogP contribution in [0.3, 0.4) is 0 Å². The number of hydrogen-bond acceptors (Lipinski definition) is 6. The average molecular weight is 400 g/mol. The number of nitrogens with one attached hydrogen (secondary N) is 2. The monoisotopic (exact) mass is 400 g/mol. The van der Waals surface area contributed by atoms with Crippen LogP contribution in [0, 0.1) is 6.92 Å². The molecule has 1 aliphatic carbocycles. The number of hydrazone groups is 1. The molecule has 4 rings (SSSR count). The lowest BCUT2D eigenvalue weighted by molar-refractivity contribution is 0.0994. The van der Waals surface area contributed by atoms with Crippen molar-refractivity contribution in [1.29, 1.82) is 0 Å². The molecule has 2 aliphatic rings. The van der Waals surface area contributed by atoms with Gasteiger partial charge in [-0.1, -0.05) is 0 Å². The topological polar surface area (TPSA) is 111 Å². The van der Waals surface area contributed by atoms with Gasteiger partial charge >= 0.3 is 0 Å². The van der Waals surface area contributed by atoms with Crippen molar-refractivity contribution < 1.29 is 18.7 Å². The molecule has 0 saturated carbocycles. The highest BCUT2D eigenvalue weighted by atomic mass is 32.1. The molecule has 4 N–H and O–H groups in total. The minimum atomic E-state index is -0.328. The number of ether oxygens (including phenoxy) is 2. The van der Waals surface area contributed by atoms with Gasteiger partial charge in [-0.3, -0.25) is 10.2 Å². The molecule has 2 heterocycles. The summed E-state index contributed by atoms with van der Waals surface area (Å²) in [7, 11) is 0. The quantitative estimate of drug-likeness (QED) is 0.536. The summed E-state index contributed by atoms with van der Waals surface area (Å²) in [6, 6.07) is 5.28. The van der Waals surface area contributed by atoms with Gasteiger partial charge in [0.05, 0.1) is 5.71 Å². The second kappa shape index (κ2) is 7.51. The number of thiocarbonyl (C=S) groups is 1.